The summed E-state index contributed by atoms with van der Waals surface area (Å²) < 4.78 is 65.2. The van der Waals surface area contributed by atoms with Crippen LogP contribution in [0.25, 0.3) is 0 Å². The molecule has 1 aliphatic rings. The zero-order valence-electron chi connectivity index (χ0n) is 12.7. The Morgan fingerprint density at radius 1 is 1.39 bits per heavy atom. The third-order valence-corrected chi connectivity index (χ3v) is 5.69. The van der Waals surface area contributed by atoms with Crippen molar-refractivity contribution in [3.8, 4) is 0 Å². The van der Waals surface area contributed by atoms with Crippen molar-refractivity contribution in [2.45, 2.75) is 42.9 Å². The first-order valence-corrected chi connectivity index (χ1v) is 8.97. The van der Waals surface area contributed by atoms with Crippen LogP contribution in [0.4, 0.5) is 13.2 Å². The van der Waals surface area contributed by atoms with Crippen LogP contribution in [0.2, 0.25) is 5.02 Å². The van der Waals surface area contributed by atoms with Crippen LogP contribution in [0.5, 0.6) is 0 Å². The zero-order valence-corrected chi connectivity index (χ0v) is 14.3. The van der Waals surface area contributed by atoms with Gasteiger partial charge in [0, 0.05) is 18.6 Å². The number of alkyl halides is 3. The molecule has 1 saturated carbocycles. The van der Waals surface area contributed by atoms with Crippen molar-refractivity contribution >= 4 is 21.6 Å². The molecule has 1 fully saturated rings. The van der Waals surface area contributed by atoms with E-state index in [-0.39, 0.29) is 12.6 Å². The molecule has 1 aromatic rings. The second-order valence-electron chi connectivity index (χ2n) is 5.74. The van der Waals surface area contributed by atoms with Crippen LogP contribution in [0.3, 0.4) is 0 Å². The van der Waals surface area contributed by atoms with Crippen molar-refractivity contribution in [1.29, 1.82) is 0 Å². The lowest BCUT2D eigenvalue weighted by Gasteiger charge is -2.24. The molecule has 1 atom stereocenters. The quantitative estimate of drug-likeness (QED) is 0.837. The van der Waals surface area contributed by atoms with Crippen molar-refractivity contribution in [3.63, 3.8) is 0 Å². The van der Waals surface area contributed by atoms with E-state index in [1.54, 1.807) is 0 Å². The molecule has 23 heavy (non-hydrogen) atoms. The fourth-order valence-electron chi connectivity index (χ4n) is 2.19. The van der Waals surface area contributed by atoms with Gasteiger partial charge in [-0.05, 0) is 45.0 Å². The highest BCUT2D eigenvalue weighted by Gasteiger charge is 2.35. The molecule has 1 unspecified atom stereocenters. The summed E-state index contributed by atoms with van der Waals surface area (Å²) in [7, 11) is -2.13. The van der Waals surface area contributed by atoms with Gasteiger partial charge < -0.3 is 0 Å². The molecule has 0 aromatic heterocycles. The minimum Gasteiger partial charge on any atom is -0.299 e. The van der Waals surface area contributed by atoms with Gasteiger partial charge in [-0.15, -0.1) is 0 Å². The molecule has 0 spiro atoms. The summed E-state index contributed by atoms with van der Waals surface area (Å²) in [6.07, 6.45) is -2.54. The lowest BCUT2D eigenvalue weighted by Crippen LogP contribution is -2.41. The molecular weight excluding hydrogens is 353 g/mol. The van der Waals surface area contributed by atoms with E-state index < -0.39 is 31.7 Å². The first-order chi connectivity index (χ1) is 10.5. The molecule has 1 aromatic carbocycles. The van der Waals surface area contributed by atoms with Crippen LogP contribution in [-0.2, 0) is 16.2 Å². The van der Waals surface area contributed by atoms with E-state index in [0.717, 1.165) is 25.0 Å². The number of halogens is 4. The maximum atomic E-state index is 12.8. The highest BCUT2D eigenvalue weighted by molar-refractivity contribution is 7.89. The van der Waals surface area contributed by atoms with Gasteiger partial charge in [0.25, 0.3) is 0 Å². The molecule has 130 valence electrons. The number of hydrogen-bond donors (Lipinski definition) is 1. The second-order valence-corrected chi connectivity index (χ2v) is 7.91. The predicted octanol–water partition coefficient (Wildman–Crippen LogP) is 3.12. The van der Waals surface area contributed by atoms with E-state index in [1.807, 2.05) is 14.0 Å². The molecule has 0 aliphatic heterocycles. The van der Waals surface area contributed by atoms with E-state index in [0.29, 0.717) is 12.1 Å². The molecule has 1 N–H and O–H groups in total. The van der Waals surface area contributed by atoms with Gasteiger partial charge in [0.05, 0.1) is 15.5 Å². The highest BCUT2D eigenvalue weighted by atomic mass is 35.5. The summed E-state index contributed by atoms with van der Waals surface area (Å²) in [5, 5.41) is -0.529. The van der Waals surface area contributed by atoms with Crippen molar-refractivity contribution in [1.82, 2.24) is 9.62 Å². The molecular formula is C14H18ClF3N2O2S. The van der Waals surface area contributed by atoms with Gasteiger partial charge in [0.2, 0.25) is 10.0 Å². The van der Waals surface area contributed by atoms with Gasteiger partial charge in [-0.1, -0.05) is 11.6 Å². The first kappa shape index (κ1) is 18.5. The second kappa shape index (κ2) is 6.58. The Kier molecular flexibility index (Phi) is 5.30. The van der Waals surface area contributed by atoms with Crippen LogP contribution in [0.15, 0.2) is 23.1 Å². The van der Waals surface area contributed by atoms with Crippen LogP contribution in [0, 0.1) is 0 Å². The average Bonchev–Trinajstić information content (AvgIpc) is 3.27. The first-order valence-electron chi connectivity index (χ1n) is 7.10. The van der Waals surface area contributed by atoms with Crippen molar-refractivity contribution in [2.24, 2.45) is 0 Å². The Morgan fingerprint density at radius 2 is 2.00 bits per heavy atom. The fraction of sp³-hybridized carbons (Fsp3) is 0.571. The van der Waals surface area contributed by atoms with E-state index in [4.69, 9.17) is 11.6 Å². The van der Waals surface area contributed by atoms with Gasteiger partial charge in [0.15, 0.2) is 0 Å². The maximum Gasteiger partial charge on any atom is 0.417 e. The summed E-state index contributed by atoms with van der Waals surface area (Å²) in [4.78, 5) is 1.61. The molecule has 4 nitrogen and oxygen atoms in total. The normalized spacial score (nSPS) is 17.5. The highest BCUT2D eigenvalue weighted by Crippen LogP contribution is 2.35. The van der Waals surface area contributed by atoms with Gasteiger partial charge in [-0.2, -0.15) is 13.2 Å². The van der Waals surface area contributed by atoms with Gasteiger partial charge in [0.1, 0.15) is 0 Å². The van der Waals surface area contributed by atoms with Gasteiger partial charge in [-0.25, -0.2) is 13.1 Å². The molecule has 0 saturated heterocycles. The summed E-state index contributed by atoms with van der Waals surface area (Å²) in [6.45, 7) is 1.99. The Bertz CT molecular complexity index is 675. The number of rotatable bonds is 6. The topological polar surface area (TPSA) is 49.4 Å². The van der Waals surface area contributed by atoms with Crippen molar-refractivity contribution in [2.75, 3.05) is 13.6 Å². The number of benzene rings is 1. The lowest BCUT2D eigenvalue weighted by molar-refractivity contribution is -0.137. The third-order valence-electron chi connectivity index (χ3n) is 3.94. The lowest BCUT2D eigenvalue weighted by atomic mass is 10.2. The van der Waals surface area contributed by atoms with Gasteiger partial charge >= 0.3 is 6.18 Å². The summed E-state index contributed by atoms with van der Waals surface area (Å²) in [5.41, 5.74) is -1.16. The minimum absolute atomic E-state index is 0.0494. The molecule has 0 amide bonds. The molecule has 9 heteroatoms. The van der Waals surface area contributed by atoms with Crippen LogP contribution in [0.1, 0.15) is 25.3 Å². The van der Waals surface area contributed by atoms with E-state index in [1.165, 1.54) is 0 Å². The SMILES string of the molecule is CC(CNS(=O)(=O)c1ccc(Cl)c(C(F)(F)F)c1)N(C)C1CC1. The van der Waals surface area contributed by atoms with E-state index in [9.17, 15) is 21.6 Å². The fourth-order valence-corrected chi connectivity index (χ4v) is 3.56. The molecule has 0 bridgehead atoms. The molecule has 0 radical (unpaired) electrons. The zero-order chi connectivity index (χ0) is 17.4. The van der Waals surface area contributed by atoms with Crippen LogP contribution in [-0.4, -0.2) is 39.0 Å². The monoisotopic (exact) mass is 370 g/mol. The number of nitrogens with one attached hydrogen (secondary N) is 1. The molecule has 0 heterocycles. The summed E-state index contributed by atoms with van der Waals surface area (Å²) in [6, 6.07) is 2.97. The number of nitrogens with zero attached hydrogens (tertiary/aromatic N) is 1. The standard InChI is InChI=1S/C14H18ClF3N2O2S/c1-9(20(2)10-3-4-10)8-19-23(21,22)11-5-6-13(15)12(7-11)14(16,17)18/h5-7,9-10,19H,3-4,8H2,1-2H3. The minimum atomic E-state index is -4.71. The number of likely N-dealkylation sites (N-methyl/N-ethyl adjacent to an activating group) is 1. The Morgan fingerprint density at radius 3 is 2.52 bits per heavy atom. The summed E-state index contributed by atoms with van der Waals surface area (Å²) >= 11 is 5.50. The van der Waals surface area contributed by atoms with E-state index >= 15 is 0 Å². The Hall–Kier alpha value is -0.830. The largest absolute Gasteiger partial charge is 0.417 e. The number of hydrogen-bond acceptors (Lipinski definition) is 3. The Balaban J connectivity index is 2.13. The van der Waals surface area contributed by atoms with Crippen molar-refractivity contribution < 1.29 is 21.6 Å². The summed E-state index contributed by atoms with van der Waals surface area (Å²) in [5.74, 6) is 0. The van der Waals surface area contributed by atoms with E-state index in [2.05, 4.69) is 9.62 Å². The molecule has 2 rings (SSSR count). The third kappa shape index (κ3) is 4.59. The Labute approximate surface area is 138 Å². The predicted molar refractivity (Wildman–Crippen MR) is 81.9 cm³/mol. The van der Waals surface area contributed by atoms with Crippen molar-refractivity contribution in [3.05, 3.63) is 28.8 Å². The maximum absolute atomic E-state index is 12.8. The average molecular weight is 371 g/mol. The van der Waals surface area contributed by atoms with Crippen LogP contribution < -0.4 is 4.72 Å². The number of sulfonamides is 1. The van der Waals surface area contributed by atoms with Gasteiger partial charge in [-0.3, -0.25) is 4.90 Å². The molecule has 1 aliphatic carbocycles. The smallest absolute Gasteiger partial charge is 0.299 e. The van der Waals surface area contributed by atoms with Crippen LogP contribution >= 0.6 is 11.6 Å².